The predicted molar refractivity (Wildman–Crippen MR) is 52.0 cm³/mol. The van der Waals surface area contributed by atoms with Crippen LogP contribution in [0.2, 0.25) is 0 Å². The van der Waals surface area contributed by atoms with Gasteiger partial charge in [-0.05, 0) is 24.1 Å². The first-order chi connectivity index (χ1) is 6.50. The first-order valence-electron chi connectivity index (χ1n) is 3.88. The highest BCUT2D eigenvalue weighted by atomic mass is 79.9. The molecule has 1 amide bonds. The van der Waals surface area contributed by atoms with Crippen molar-refractivity contribution in [2.24, 2.45) is 5.73 Å². The molecule has 0 saturated carbocycles. The number of halogens is 3. The van der Waals surface area contributed by atoms with Crippen LogP contribution in [0.5, 0.6) is 0 Å². The van der Waals surface area contributed by atoms with Crippen LogP contribution in [0, 0.1) is 11.6 Å². The Morgan fingerprint density at radius 2 is 2.07 bits per heavy atom. The lowest BCUT2D eigenvalue weighted by atomic mass is 10.1. The van der Waals surface area contributed by atoms with Crippen LogP contribution in [-0.2, 0) is 11.2 Å². The first kappa shape index (κ1) is 11.1. The highest BCUT2D eigenvalue weighted by molar-refractivity contribution is 9.10. The summed E-state index contributed by atoms with van der Waals surface area (Å²) in [7, 11) is 0. The molecule has 0 saturated heterocycles. The molecule has 0 aliphatic rings. The second-order valence-electron chi connectivity index (χ2n) is 2.82. The Balaban J connectivity index is 2.78. The minimum atomic E-state index is -0.924. The van der Waals surface area contributed by atoms with Crippen molar-refractivity contribution in [3.63, 3.8) is 0 Å². The molecular weight excluding hydrogens is 256 g/mol. The number of primary amides is 1. The Hall–Kier alpha value is -0.970. The molecule has 0 heterocycles. The van der Waals surface area contributed by atoms with Crippen molar-refractivity contribution in [3.8, 4) is 0 Å². The zero-order valence-electron chi connectivity index (χ0n) is 7.14. The molecule has 1 aromatic rings. The number of hydrogen-bond acceptors (Lipinski definition) is 1. The fourth-order valence-corrected chi connectivity index (χ4v) is 1.35. The van der Waals surface area contributed by atoms with Gasteiger partial charge in [0.25, 0.3) is 0 Å². The number of nitrogens with two attached hydrogens (primary N) is 1. The minimum absolute atomic E-state index is 0.243. The van der Waals surface area contributed by atoms with Gasteiger partial charge in [0.1, 0.15) is 0 Å². The van der Waals surface area contributed by atoms with Gasteiger partial charge in [-0.25, -0.2) is 8.78 Å². The Morgan fingerprint density at radius 3 is 2.57 bits per heavy atom. The van der Waals surface area contributed by atoms with Crippen molar-refractivity contribution in [2.45, 2.75) is 11.2 Å². The van der Waals surface area contributed by atoms with Crippen LogP contribution in [-0.4, -0.2) is 10.7 Å². The van der Waals surface area contributed by atoms with Gasteiger partial charge in [-0.15, -0.1) is 0 Å². The molecule has 1 unspecified atom stereocenters. The SMILES string of the molecule is NC(=O)C(Br)Cc1ccc(F)c(F)c1. The van der Waals surface area contributed by atoms with E-state index in [1.54, 1.807) is 0 Å². The molecule has 0 aromatic heterocycles. The van der Waals surface area contributed by atoms with E-state index in [9.17, 15) is 13.6 Å². The summed E-state index contributed by atoms with van der Waals surface area (Å²) >= 11 is 3.03. The molecule has 1 atom stereocenters. The molecule has 0 bridgehead atoms. The summed E-state index contributed by atoms with van der Waals surface area (Å²) < 4.78 is 25.2. The Kier molecular flexibility index (Phi) is 3.57. The zero-order valence-corrected chi connectivity index (χ0v) is 8.72. The fraction of sp³-hybridized carbons (Fsp3) is 0.222. The minimum Gasteiger partial charge on any atom is -0.369 e. The largest absolute Gasteiger partial charge is 0.369 e. The number of alkyl halides is 1. The van der Waals surface area contributed by atoms with E-state index in [2.05, 4.69) is 15.9 Å². The maximum absolute atomic E-state index is 12.7. The van der Waals surface area contributed by atoms with E-state index in [0.717, 1.165) is 12.1 Å². The van der Waals surface area contributed by atoms with Crippen molar-refractivity contribution >= 4 is 21.8 Å². The second-order valence-corrected chi connectivity index (χ2v) is 3.93. The number of hydrogen-bond donors (Lipinski definition) is 1. The summed E-state index contributed by atoms with van der Waals surface area (Å²) in [6.07, 6.45) is 0.243. The number of benzene rings is 1. The molecule has 0 radical (unpaired) electrons. The first-order valence-corrected chi connectivity index (χ1v) is 4.79. The molecule has 2 N–H and O–H groups in total. The molecule has 1 rings (SSSR count). The van der Waals surface area contributed by atoms with Crippen molar-refractivity contribution in [2.75, 3.05) is 0 Å². The van der Waals surface area contributed by atoms with Crippen LogP contribution in [0.4, 0.5) is 8.78 Å². The molecule has 76 valence electrons. The number of carbonyl (C=O) groups excluding carboxylic acids is 1. The van der Waals surface area contributed by atoms with Gasteiger partial charge in [-0.1, -0.05) is 22.0 Å². The van der Waals surface area contributed by atoms with Crippen LogP contribution in [0.15, 0.2) is 18.2 Å². The average molecular weight is 264 g/mol. The molecule has 0 spiro atoms. The summed E-state index contributed by atoms with van der Waals surface area (Å²) in [6, 6.07) is 3.48. The number of amides is 1. The lowest BCUT2D eigenvalue weighted by molar-refractivity contribution is -0.117. The van der Waals surface area contributed by atoms with E-state index >= 15 is 0 Å². The summed E-state index contributed by atoms with van der Waals surface area (Å²) in [5, 5.41) is 0. The van der Waals surface area contributed by atoms with E-state index in [4.69, 9.17) is 5.73 Å². The van der Waals surface area contributed by atoms with Gasteiger partial charge in [-0.3, -0.25) is 4.79 Å². The molecular formula is C9H8BrF2NO. The van der Waals surface area contributed by atoms with Gasteiger partial charge in [-0.2, -0.15) is 0 Å². The molecule has 1 aromatic carbocycles. The van der Waals surface area contributed by atoms with Gasteiger partial charge in [0.05, 0.1) is 4.83 Å². The average Bonchev–Trinajstić information content (AvgIpc) is 2.11. The lowest BCUT2D eigenvalue weighted by Crippen LogP contribution is -2.25. The van der Waals surface area contributed by atoms with Crippen LogP contribution >= 0.6 is 15.9 Å². The van der Waals surface area contributed by atoms with Crippen LogP contribution in [0.3, 0.4) is 0 Å². The Labute approximate surface area is 88.2 Å². The van der Waals surface area contributed by atoms with Gasteiger partial charge < -0.3 is 5.73 Å². The van der Waals surface area contributed by atoms with Crippen molar-refractivity contribution in [1.29, 1.82) is 0 Å². The van der Waals surface area contributed by atoms with Crippen LogP contribution in [0.25, 0.3) is 0 Å². The van der Waals surface area contributed by atoms with Crippen LogP contribution in [0.1, 0.15) is 5.56 Å². The second kappa shape index (κ2) is 4.50. The smallest absolute Gasteiger partial charge is 0.231 e. The maximum atomic E-state index is 12.7. The third-order valence-electron chi connectivity index (χ3n) is 1.71. The van der Waals surface area contributed by atoms with Gasteiger partial charge in [0, 0.05) is 0 Å². The summed E-state index contributed by atoms with van der Waals surface area (Å²) in [5.74, 6) is -2.36. The monoisotopic (exact) mass is 263 g/mol. The third-order valence-corrected chi connectivity index (χ3v) is 2.48. The topological polar surface area (TPSA) is 43.1 Å². The van der Waals surface area contributed by atoms with Gasteiger partial charge in [0.15, 0.2) is 11.6 Å². The van der Waals surface area contributed by atoms with E-state index < -0.39 is 22.4 Å². The van der Waals surface area contributed by atoms with E-state index in [-0.39, 0.29) is 6.42 Å². The fourth-order valence-electron chi connectivity index (χ4n) is 0.974. The Morgan fingerprint density at radius 1 is 1.43 bits per heavy atom. The lowest BCUT2D eigenvalue weighted by Gasteiger charge is -2.05. The maximum Gasteiger partial charge on any atom is 0.231 e. The molecule has 0 aliphatic heterocycles. The molecule has 0 fully saturated rings. The molecule has 14 heavy (non-hydrogen) atoms. The van der Waals surface area contributed by atoms with E-state index in [1.165, 1.54) is 6.07 Å². The third kappa shape index (κ3) is 2.77. The van der Waals surface area contributed by atoms with Gasteiger partial charge in [0.2, 0.25) is 5.91 Å². The standard InChI is InChI=1S/C9H8BrF2NO/c10-6(9(13)14)3-5-1-2-7(11)8(12)4-5/h1-2,4,6H,3H2,(H2,13,14). The van der Waals surface area contributed by atoms with Crippen LogP contribution < -0.4 is 5.73 Å². The van der Waals surface area contributed by atoms with E-state index in [0.29, 0.717) is 5.56 Å². The molecule has 0 aliphatic carbocycles. The number of rotatable bonds is 3. The van der Waals surface area contributed by atoms with Crippen molar-refractivity contribution in [1.82, 2.24) is 0 Å². The van der Waals surface area contributed by atoms with E-state index in [1.807, 2.05) is 0 Å². The number of carbonyl (C=O) groups is 1. The summed E-state index contributed by atoms with van der Waals surface area (Å²) in [4.78, 5) is 10.1. The highest BCUT2D eigenvalue weighted by Crippen LogP contribution is 2.13. The molecule has 5 heteroatoms. The van der Waals surface area contributed by atoms with Crippen molar-refractivity contribution in [3.05, 3.63) is 35.4 Å². The molecule has 2 nitrogen and oxygen atoms in total. The zero-order chi connectivity index (χ0) is 10.7. The summed E-state index contributed by atoms with van der Waals surface area (Å²) in [6.45, 7) is 0. The highest BCUT2D eigenvalue weighted by Gasteiger charge is 2.12. The summed E-state index contributed by atoms with van der Waals surface area (Å²) in [5.41, 5.74) is 5.52. The van der Waals surface area contributed by atoms with Gasteiger partial charge >= 0.3 is 0 Å². The quantitative estimate of drug-likeness (QED) is 0.830. The van der Waals surface area contributed by atoms with Crippen molar-refractivity contribution < 1.29 is 13.6 Å². The normalized spacial score (nSPS) is 12.5. The predicted octanol–water partition coefficient (Wildman–Crippen LogP) is 1.76. The Bertz CT molecular complexity index is 357.